The molecule has 2 N–H and O–H groups in total. The van der Waals surface area contributed by atoms with Gasteiger partial charge < -0.3 is 15.2 Å². The zero-order chi connectivity index (χ0) is 26.0. The summed E-state index contributed by atoms with van der Waals surface area (Å²) in [5.41, 5.74) is -1.65. The highest BCUT2D eigenvalue weighted by atomic mass is 35.5. The maximum absolute atomic E-state index is 13.5. The van der Waals surface area contributed by atoms with Crippen molar-refractivity contribution in [3.8, 4) is 0 Å². The zero-order valence-electron chi connectivity index (χ0n) is 17.5. The van der Waals surface area contributed by atoms with E-state index in [1.807, 2.05) is 0 Å². The molecule has 2 aromatic carbocycles. The van der Waals surface area contributed by atoms with Crippen LogP contribution in [0.25, 0.3) is 6.08 Å². The summed E-state index contributed by atoms with van der Waals surface area (Å²) in [6.07, 6.45) is -8.01. The lowest BCUT2D eigenvalue weighted by Crippen LogP contribution is -2.52. The first-order valence-electron chi connectivity index (χ1n) is 9.92. The van der Waals surface area contributed by atoms with Crippen LogP contribution in [0.4, 0.5) is 26.3 Å². The van der Waals surface area contributed by atoms with Crippen molar-refractivity contribution in [2.24, 2.45) is 0 Å². The SMILES string of the molecule is O=C(/C=C/c1ccc(C(=O)NC2C[S+]([O-])C2)c(Cl)c1)NC(c1cccc(C(F)(F)F)c1)C(F)(F)F. The fourth-order valence-corrected chi connectivity index (χ4v) is 4.42. The monoisotopic (exact) mass is 538 g/mol. The topological polar surface area (TPSA) is 81.3 Å². The second-order valence-corrected chi connectivity index (χ2v) is 9.58. The van der Waals surface area contributed by atoms with Crippen molar-refractivity contribution in [2.75, 3.05) is 11.5 Å². The van der Waals surface area contributed by atoms with Gasteiger partial charge in [-0.05, 0) is 52.6 Å². The highest BCUT2D eigenvalue weighted by Gasteiger charge is 2.42. The average Bonchev–Trinajstić information content (AvgIpc) is 2.73. The standard InChI is InChI=1S/C22H17ClF6N2O3S/c23-17-8-12(4-6-16(17)20(33)30-15-10-35(34)11-15)5-7-18(32)31-19(22(27,28)29)13-2-1-3-14(9-13)21(24,25)26/h1-9,15,19H,10-11H2,(H,30,33)(H,31,32)/b7-5+. The Balaban J connectivity index is 1.70. The summed E-state index contributed by atoms with van der Waals surface area (Å²) in [4.78, 5) is 24.4. The number of amides is 2. The van der Waals surface area contributed by atoms with Crippen molar-refractivity contribution in [1.29, 1.82) is 0 Å². The van der Waals surface area contributed by atoms with E-state index >= 15 is 0 Å². The van der Waals surface area contributed by atoms with E-state index in [0.717, 1.165) is 24.3 Å². The Bertz CT molecular complexity index is 1130. The van der Waals surface area contributed by atoms with Gasteiger partial charge in [0, 0.05) is 6.08 Å². The van der Waals surface area contributed by atoms with Crippen LogP contribution in [-0.2, 0) is 22.1 Å². The first-order chi connectivity index (χ1) is 16.2. The minimum atomic E-state index is -5.06. The summed E-state index contributed by atoms with van der Waals surface area (Å²) in [7, 11) is 0. The lowest BCUT2D eigenvalue weighted by Gasteiger charge is -2.29. The molecule has 2 amide bonds. The largest absolute Gasteiger partial charge is 0.616 e. The van der Waals surface area contributed by atoms with Crippen LogP contribution in [0.1, 0.15) is 33.1 Å². The van der Waals surface area contributed by atoms with Crippen molar-refractivity contribution in [2.45, 2.75) is 24.4 Å². The van der Waals surface area contributed by atoms with E-state index in [9.17, 15) is 40.5 Å². The van der Waals surface area contributed by atoms with Gasteiger partial charge in [-0.1, -0.05) is 29.8 Å². The number of hydrogen-bond acceptors (Lipinski definition) is 3. The molecule has 0 aromatic heterocycles. The molecule has 5 nitrogen and oxygen atoms in total. The fourth-order valence-electron chi connectivity index (χ4n) is 3.18. The Kier molecular flexibility index (Phi) is 8.07. The van der Waals surface area contributed by atoms with E-state index in [-0.39, 0.29) is 22.2 Å². The lowest BCUT2D eigenvalue weighted by molar-refractivity contribution is -0.162. The van der Waals surface area contributed by atoms with Gasteiger partial charge in [-0.3, -0.25) is 9.59 Å². The van der Waals surface area contributed by atoms with Gasteiger partial charge in [-0.2, -0.15) is 26.3 Å². The predicted octanol–water partition coefficient (Wildman–Crippen LogP) is 4.65. The number of hydrogen-bond donors (Lipinski definition) is 2. The summed E-state index contributed by atoms with van der Waals surface area (Å²) in [5.74, 6) is -1.00. The molecule has 0 bridgehead atoms. The third kappa shape index (κ3) is 7.15. The van der Waals surface area contributed by atoms with E-state index < -0.39 is 52.5 Å². The third-order valence-corrected chi connectivity index (χ3v) is 6.80. The Morgan fingerprint density at radius 3 is 2.34 bits per heavy atom. The van der Waals surface area contributed by atoms with Gasteiger partial charge in [0.2, 0.25) is 5.91 Å². The quantitative estimate of drug-likeness (QED) is 0.319. The van der Waals surface area contributed by atoms with Crippen LogP contribution in [0.5, 0.6) is 0 Å². The first-order valence-corrected chi connectivity index (χ1v) is 11.8. The van der Waals surface area contributed by atoms with Crippen molar-refractivity contribution in [3.63, 3.8) is 0 Å². The molecular formula is C22H17ClF6N2O3S. The van der Waals surface area contributed by atoms with Crippen LogP contribution in [0.15, 0.2) is 48.5 Å². The Hall–Kier alpha value is -2.70. The average molecular weight is 539 g/mol. The maximum Gasteiger partial charge on any atom is 0.416 e. The van der Waals surface area contributed by atoms with Gasteiger partial charge in [-0.15, -0.1) is 0 Å². The van der Waals surface area contributed by atoms with E-state index in [2.05, 4.69) is 5.32 Å². The second kappa shape index (κ2) is 10.5. The second-order valence-electron chi connectivity index (χ2n) is 7.62. The van der Waals surface area contributed by atoms with Gasteiger partial charge in [0.1, 0.15) is 17.5 Å². The van der Waals surface area contributed by atoms with Crippen LogP contribution >= 0.6 is 11.6 Å². The molecule has 188 valence electrons. The first kappa shape index (κ1) is 26.9. The molecule has 0 aliphatic carbocycles. The molecule has 1 atom stereocenters. The summed E-state index contributed by atoms with van der Waals surface area (Å²) < 4.78 is 90.2. The highest BCUT2D eigenvalue weighted by molar-refractivity contribution is 7.92. The predicted molar refractivity (Wildman–Crippen MR) is 118 cm³/mol. The smallest absolute Gasteiger partial charge is 0.416 e. The van der Waals surface area contributed by atoms with Crippen LogP contribution < -0.4 is 10.6 Å². The van der Waals surface area contributed by atoms with Crippen molar-refractivity contribution >= 4 is 40.7 Å². The number of halogens is 7. The number of carbonyl (C=O) groups is 2. The number of carbonyl (C=O) groups excluding carboxylic acids is 2. The minimum Gasteiger partial charge on any atom is -0.616 e. The van der Waals surface area contributed by atoms with Gasteiger partial charge >= 0.3 is 12.4 Å². The number of rotatable bonds is 6. The molecule has 1 aliphatic heterocycles. The number of nitrogens with one attached hydrogen (secondary N) is 2. The zero-order valence-corrected chi connectivity index (χ0v) is 19.1. The molecule has 0 radical (unpaired) electrons. The van der Waals surface area contributed by atoms with E-state index in [1.165, 1.54) is 18.2 Å². The molecule has 35 heavy (non-hydrogen) atoms. The normalized spacial score (nSPS) is 19.2. The molecule has 0 saturated carbocycles. The van der Waals surface area contributed by atoms with E-state index in [0.29, 0.717) is 23.6 Å². The molecule has 1 fully saturated rings. The van der Waals surface area contributed by atoms with Crippen LogP contribution in [-0.4, -0.2) is 40.1 Å². The summed E-state index contributed by atoms with van der Waals surface area (Å²) >= 11 is 5.14. The Labute approximate surface area is 203 Å². The molecule has 1 saturated heterocycles. The van der Waals surface area contributed by atoms with Crippen molar-refractivity contribution < 1.29 is 40.5 Å². The Morgan fingerprint density at radius 1 is 1.09 bits per heavy atom. The van der Waals surface area contributed by atoms with Crippen molar-refractivity contribution in [3.05, 3.63) is 75.8 Å². The highest BCUT2D eigenvalue weighted by Crippen LogP contribution is 2.36. The molecule has 1 aliphatic rings. The molecular weight excluding hydrogens is 522 g/mol. The molecule has 13 heteroatoms. The third-order valence-electron chi connectivity index (χ3n) is 4.94. The van der Waals surface area contributed by atoms with Crippen LogP contribution in [0.3, 0.4) is 0 Å². The molecule has 1 unspecified atom stereocenters. The minimum absolute atomic E-state index is 0.0163. The van der Waals surface area contributed by atoms with E-state index in [4.69, 9.17) is 11.6 Å². The van der Waals surface area contributed by atoms with Crippen molar-refractivity contribution in [1.82, 2.24) is 10.6 Å². The summed E-state index contributed by atoms with van der Waals surface area (Å²) in [6.45, 7) is 0. The summed E-state index contributed by atoms with van der Waals surface area (Å²) in [5, 5.41) is 4.34. The number of alkyl halides is 6. The fraction of sp³-hybridized carbons (Fsp3) is 0.273. The van der Waals surface area contributed by atoms with Gasteiger partial charge in [0.15, 0.2) is 6.04 Å². The summed E-state index contributed by atoms with van der Waals surface area (Å²) in [6, 6.07) is 3.78. The van der Waals surface area contributed by atoms with Gasteiger partial charge in [-0.25, -0.2) is 0 Å². The lowest BCUT2D eigenvalue weighted by atomic mass is 10.0. The van der Waals surface area contributed by atoms with Crippen LogP contribution in [0, 0.1) is 0 Å². The molecule has 0 spiro atoms. The van der Waals surface area contributed by atoms with E-state index in [1.54, 1.807) is 5.32 Å². The molecule has 2 aromatic rings. The molecule has 3 rings (SSSR count). The maximum atomic E-state index is 13.5. The number of benzene rings is 2. The van der Waals surface area contributed by atoms with Crippen LogP contribution in [0.2, 0.25) is 5.02 Å². The van der Waals surface area contributed by atoms with Gasteiger partial charge in [0.25, 0.3) is 5.91 Å². The van der Waals surface area contributed by atoms with Gasteiger partial charge in [0.05, 0.1) is 16.1 Å². The Morgan fingerprint density at radius 2 is 1.77 bits per heavy atom. The molecule has 1 heterocycles.